The third-order valence-electron chi connectivity index (χ3n) is 2.48. The Morgan fingerprint density at radius 1 is 1.05 bits per heavy atom. The zero-order valence-electron chi connectivity index (χ0n) is 9.83. The van der Waals surface area contributed by atoms with Gasteiger partial charge in [0.1, 0.15) is 0 Å². The zero-order valence-corrected chi connectivity index (χ0v) is 10.6. The molecular formula is C12H6ClF2N5. The van der Waals surface area contributed by atoms with Gasteiger partial charge in [0.15, 0.2) is 17.5 Å². The van der Waals surface area contributed by atoms with E-state index >= 15 is 0 Å². The summed E-state index contributed by atoms with van der Waals surface area (Å²) in [6, 6.07) is 5.04. The van der Waals surface area contributed by atoms with E-state index in [9.17, 15) is 8.78 Å². The van der Waals surface area contributed by atoms with Crippen molar-refractivity contribution in [3.63, 3.8) is 0 Å². The van der Waals surface area contributed by atoms with Crippen molar-refractivity contribution in [1.29, 1.82) is 0 Å². The van der Waals surface area contributed by atoms with Crippen LogP contribution in [0.15, 0.2) is 36.7 Å². The number of hydrogen-bond donors (Lipinski definition) is 0. The van der Waals surface area contributed by atoms with Crippen LogP contribution in [0.2, 0.25) is 5.28 Å². The minimum Gasteiger partial charge on any atom is -0.206 e. The molecule has 0 bridgehead atoms. The summed E-state index contributed by atoms with van der Waals surface area (Å²) in [5, 5.41) is 3.90. The Bertz CT molecular complexity index is 761. The summed E-state index contributed by atoms with van der Waals surface area (Å²) in [4.78, 5) is 11.9. The molecule has 0 aliphatic heterocycles. The fraction of sp³-hybridized carbons (Fsp3) is 0. The van der Waals surface area contributed by atoms with Crippen LogP contribution in [0.4, 0.5) is 8.78 Å². The second kappa shape index (κ2) is 4.93. The van der Waals surface area contributed by atoms with Gasteiger partial charge in [-0.15, -0.1) is 0 Å². The Labute approximate surface area is 116 Å². The lowest BCUT2D eigenvalue weighted by atomic mass is 10.2. The number of benzene rings is 1. The van der Waals surface area contributed by atoms with Crippen LogP contribution in [-0.4, -0.2) is 24.7 Å². The molecular weight excluding hydrogens is 288 g/mol. The van der Waals surface area contributed by atoms with Crippen LogP contribution in [-0.2, 0) is 0 Å². The second-order valence-corrected chi connectivity index (χ2v) is 4.15. The summed E-state index contributed by atoms with van der Waals surface area (Å²) >= 11 is 5.82. The Balaban J connectivity index is 2.12. The molecule has 1 aromatic carbocycles. The highest BCUT2D eigenvalue weighted by atomic mass is 35.5. The molecule has 3 aromatic rings. The van der Waals surface area contributed by atoms with E-state index in [4.69, 9.17) is 11.6 Å². The summed E-state index contributed by atoms with van der Waals surface area (Å²) < 4.78 is 27.6. The predicted molar refractivity (Wildman–Crippen MR) is 67.3 cm³/mol. The normalized spacial score (nSPS) is 10.8. The number of hydrogen-bond acceptors (Lipinski definition) is 4. The van der Waals surface area contributed by atoms with Gasteiger partial charge in [0.2, 0.25) is 5.28 Å². The van der Waals surface area contributed by atoms with Gasteiger partial charge in [0.25, 0.3) is 5.95 Å². The molecule has 0 spiro atoms. The molecule has 0 unspecified atom stereocenters. The van der Waals surface area contributed by atoms with Crippen molar-refractivity contribution in [2.75, 3.05) is 0 Å². The van der Waals surface area contributed by atoms with Crippen molar-refractivity contribution in [1.82, 2.24) is 24.7 Å². The van der Waals surface area contributed by atoms with Crippen molar-refractivity contribution in [3.05, 3.63) is 53.6 Å². The van der Waals surface area contributed by atoms with E-state index in [1.54, 1.807) is 18.5 Å². The maximum atomic E-state index is 13.2. The minimum absolute atomic E-state index is 0.0646. The smallest absolute Gasteiger partial charge is 0.206 e. The monoisotopic (exact) mass is 293 g/mol. The van der Waals surface area contributed by atoms with E-state index in [1.807, 2.05) is 0 Å². The first-order valence-electron chi connectivity index (χ1n) is 5.50. The first-order chi connectivity index (χ1) is 9.63. The third kappa shape index (κ3) is 2.35. The summed E-state index contributed by atoms with van der Waals surface area (Å²) in [5.41, 5.74) is 0.293. The van der Waals surface area contributed by atoms with Crippen LogP contribution in [0.1, 0.15) is 0 Å². The molecule has 0 N–H and O–H groups in total. The average Bonchev–Trinajstić information content (AvgIpc) is 2.95. The Morgan fingerprint density at radius 3 is 2.60 bits per heavy atom. The molecule has 100 valence electrons. The van der Waals surface area contributed by atoms with Gasteiger partial charge in [-0.3, -0.25) is 0 Å². The molecule has 0 fully saturated rings. The van der Waals surface area contributed by atoms with Crippen LogP contribution in [0.5, 0.6) is 0 Å². The van der Waals surface area contributed by atoms with Crippen LogP contribution in [0.3, 0.4) is 0 Å². The van der Waals surface area contributed by atoms with Crippen LogP contribution in [0, 0.1) is 11.6 Å². The molecule has 0 atom stereocenters. The molecule has 0 saturated heterocycles. The van der Waals surface area contributed by atoms with E-state index in [0.717, 1.165) is 12.1 Å². The van der Waals surface area contributed by atoms with E-state index in [-0.39, 0.29) is 17.1 Å². The standard InChI is InChI=1S/C12H6ClF2N5/c13-11-17-10(7-2-3-8(14)9(15)6-7)18-12(19-11)20-5-1-4-16-20/h1-6H. The SMILES string of the molecule is Fc1ccc(-c2nc(Cl)nc(-n3cccn3)n2)cc1F. The summed E-state index contributed by atoms with van der Waals surface area (Å²) in [6.07, 6.45) is 3.18. The average molecular weight is 294 g/mol. The van der Waals surface area contributed by atoms with Gasteiger partial charge in [-0.1, -0.05) is 0 Å². The highest BCUT2D eigenvalue weighted by Crippen LogP contribution is 2.19. The molecule has 2 heterocycles. The molecule has 5 nitrogen and oxygen atoms in total. The van der Waals surface area contributed by atoms with Gasteiger partial charge in [-0.2, -0.15) is 20.1 Å². The summed E-state index contributed by atoms with van der Waals surface area (Å²) in [5.74, 6) is -1.61. The van der Waals surface area contributed by atoms with Gasteiger partial charge in [-0.25, -0.2) is 13.5 Å². The van der Waals surface area contributed by atoms with E-state index in [0.29, 0.717) is 5.56 Å². The molecule has 0 aliphatic rings. The third-order valence-corrected chi connectivity index (χ3v) is 2.65. The van der Waals surface area contributed by atoms with Crippen molar-refractivity contribution in [2.45, 2.75) is 0 Å². The molecule has 2 aromatic heterocycles. The summed E-state index contributed by atoms with van der Waals surface area (Å²) in [6.45, 7) is 0. The van der Waals surface area contributed by atoms with Gasteiger partial charge < -0.3 is 0 Å². The fourth-order valence-corrected chi connectivity index (χ4v) is 1.75. The predicted octanol–water partition coefficient (Wildman–Crippen LogP) is 2.66. The van der Waals surface area contributed by atoms with Crippen molar-refractivity contribution in [2.24, 2.45) is 0 Å². The minimum atomic E-state index is -0.986. The fourth-order valence-electron chi connectivity index (χ4n) is 1.59. The Morgan fingerprint density at radius 2 is 1.90 bits per heavy atom. The molecule has 0 radical (unpaired) electrons. The molecule has 3 rings (SSSR count). The zero-order chi connectivity index (χ0) is 14.1. The number of nitrogens with zero attached hydrogens (tertiary/aromatic N) is 5. The molecule has 8 heteroatoms. The van der Waals surface area contributed by atoms with Crippen molar-refractivity contribution in [3.8, 4) is 17.3 Å². The number of halogens is 3. The van der Waals surface area contributed by atoms with Gasteiger partial charge in [0, 0.05) is 18.0 Å². The lowest BCUT2D eigenvalue weighted by molar-refractivity contribution is 0.509. The Hall–Kier alpha value is -2.41. The van der Waals surface area contributed by atoms with Gasteiger partial charge in [0.05, 0.1) is 0 Å². The van der Waals surface area contributed by atoms with E-state index < -0.39 is 11.6 Å². The maximum Gasteiger partial charge on any atom is 0.255 e. The number of aromatic nitrogens is 5. The maximum absolute atomic E-state index is 13.2. The molecule has 0 saturated carbocycles. The quantitative estimate of drug-likeness (QED) is 0.729. The molecule has 0 aliphatic carbocycles. The highest BCUT2D eigenvalue weighted by Gasteiger charge is 2.11. The van der Waals surface area contributed by atoms with Gasteiger partial charge >= 0.3 is 0 Å². The second-order valence-electron chi connectivity index (χ2n) is 3.81. The van der Waals surface area contributed by atoms with Crippen molar-refractivity contribution < 1.29 is 8.78 Å². The molecule has 0 amide bonds. The van der Waals surface area contributed by atoms with E-state index in [1.165, 1.54) is 10.7 Å². The first kappa shape index (κ1) is 12.6. The van der Waals surface area contributed by atoms with E-state index in [2.05, 4.69) is 20.1 Å². The van der Waals surface area contributed by atoms with Crippen LogP contribution in [0.25, 0.3) is 17.3 Å². The number of rotatable bonds is 2. The largest absolute Gasteiger partial charge is 0.255 e. The lowest BCUT2D eigenvalue weighted by Gasteiger charge is -2.04. The van der Waals surface area contributed by atoms with Crippen LogP contribution >= 0.6 is 11.6 Å². The first-order valence-corrected chi connectivity index (χ1v) is 5.88. The topological polar surface area (TPSA) is 56.5 Å². The Kier molecular flexibility index (Phi) is 3.11. The van der Waals surface area contributed by atoms with Crippen LogP contribution < -0.4 is 0 Å². The molecule has 20 heavy (non-hydrogen) atoms. The summed E-state index contributed by atoms with van der Waals surface area (Å²) in [7, 11) is 0. The highest BCUT2D eigenvalue weighted by molar-refractivity contribution is 6.28. The lowest BCUT2D eigenvalue weighted by Crippen LogP contribution is -2.05. The van der Waals surface area contributed by atoms with Gasteiger partial charge in [-0.05, 0) is 35.9 Å². The van der Waals surface area contributed by atoms with Crippen molar-refractivity contribution >= 4 is 11.6 Å².